The molecule has 0 bridgehead atoms. The first-order valence-corrected chi connectivity index (χ1v) is 9.80. The van der Waals surface area contributed by atoms with Gasteiger partial charge >= 0.3 is 0 Å². The lowest BCUT2D eigenvalue weighted by Gasteiger charge is -2.35. The first-order chi connectivity index (χ1) is 12.9. The van der Waals surface area contributed by atoms with Gasteiger partial charge in [0, 0.05) is 58.2 Å². The predicted octanol–water partition coefficient (Wildman–Crippen LogP) is 0.995. The third kappa shape index (κ3) is 5.30. The van der Waals surface area contributed by atoms with Gasteiger partial charge in [-0.25, -0.2) is 9.97 Å². The molecule has 2 fully saturated rings. The number of aromatic nitrogens is 2. The fourth-order valence-electron chi connectivity index (χ4n) is 3.94. The van der Waals surface area contributed by atoms with Crippen LogP contribution in [0.1, 0.15) is 45.4 Å². The normalized spacial score (nSPS) is 19.1. The summed E-state index contributed by atoms with van der Waals surface area (Å²) >= 11 is 0. The molecule has 2 N–H and O–H groups in total. The SMILES string of the molecule is CC(=O)NC1CCN(c2cc(N3CCC(NC(C)=O)CC3)nc(C)n2)CC1. The molecule has 8 nitrogen and oxygen atoms in total. The molecule has 0 radical (unpaired) electrons. The Balaban J connectivity index is 1.62. The largest absolute Gasteiger partial charge is 0.356 e. The summed E-state index contributed by atoms with van der Waals surface area (Å²) in [4.78, 5) is 36.3. The molecule has 2 amide bonds. The van der Waals surface area contributed by atoms with Crippen molar-refractivity contribution in [2.75, 3.05) is 36.0 Å². The summed E-state index contributed by atoms with van der Waals surface area (Å²) in [6, 6.07) is 2.59. The number of amides is 2. The molecule has 3 heterocycles. The quantitative estimate of drug-likeness (QED) is 0.817. The van der Waals surface area contributed by atoms with E-state index in [2.05, 4.69) is 36.5 Å². The van der Waals surface area contributed by atoms with Crippen LogP contribution < -0.4 is 20.4 Å². The van der Waals surface area contributed by atoms with Crippen LogP contribution in [-0.2, 0) is 9.59 Å². The van der Waals surface area contributed by atoms with Gasteiger partial charge in [-0.3, -0.25) is 9.59 Å². The maximum Gasteiger partial charge on any atom is 0.217 e. The van der Waals surface area contributed by atoms with Crippen LogP contribution in [0.2, 0.25) is 0 Å². The summed E-state index contributed by atoms with van der Waals surface area (Å²) in [5, 5.41) is 6.02. The van der Waals surface area contributed by atoms with Crippen molar-refractivity contribution in [1.82, 2.24) is 20.6 Å². The van der Waals surface area contributed by atoms with Gasteiger partial charge in [-0.05, 0) is 32.6 Å². The van der Waals surface area contributed by atoms with E-state index in [0.717, 1.165) is 69.3 Å². The smallest absolute Gasteiger partial charge is 0.217 e. The minimum Gasteiger partial charge on any atom is -0.356 e. The minimum atomic E-state index is 0.0382. The van der Waals surface area contributed by atoms with E-state index < -0.39 is 0 Å². The molecule has 2 saturated heterocycles. The van der Waals surface area contributed by atoms with Crippen molar-refractivity contribution >= 4 is 23.5 Å². The Morgan fingerprint density at radius 2 is 1.22 bits per heavy atom. The molecule has 0 atom stereocenters. The number of nitrogens with one attached hydrogen (secondary N) is 2. The highest BCUT2D eigenvalue weighted by Gasteiger charge is 2.24. The van der Waals surface area contributed by atoms with E-state index in [4.69, 9.17) is 0 Å². The topological polar surface area (TPSA) is 90.5 Å². The number of carbonyl (C=O) groups is 2. The Labute approximate surface area is 160 Å². The Kier molecular flexibility index (Phi) is 6.13. The standard InChI is InChI=1S/C19H30N6O2/c1-13-20-18(24-8-4-16(5-9-24)22-14(2)26)12-19(21-13)25-10-6-17(7-11-25)23-15(3)27/h12,16-17H,4-11H2,1-3H3,(H,22,26)(H,23,27). The molecule has 0 spiro atoms. The van der Waals surface area contributed by atoms with Crippen molar-refractivity contribution < 1.29 is 9.59 Å². The molecular weight excluding hydrogens is 344 g/mol. The maximum atomic E-state index is 11.2. The second-order valence-electron chi connectivity index (χ2n) is 7.56. The predicted molar refractivity (Wildman–Crippen MR) is 105 cm³/mol. The minimum absolute atomic E-state index is 0.0382. The second kappa shape index (κ2) is 8.54. The molecule has 27 heavy (non-hydrogen) atoms. The van der Waals surface area contributed by atoms with Crippen molar-refractivity contribution in [2.24, 2.45) is 0 Å². The van der Waals surface area contributed by atoms with E-state index in [1.807, 2.05) is 6.92 Å². The Hall–Kier alpha value is -2.38. The van der Waals surface area contributed by atoms with Crippen molar-refractivity contribution in [3.8, 4) is 0 Å². The van der Waals surface area contributed by atoms with E-state index in [-0.39, 0.29) is 23.9 Å². The molecular formula is C19H30N6O2. The van der Waals surface area contributed by atoms with Gasteiger partial charge in [0.25, 0.3) is 0 Å². The summed E-state index contributed by atoms with van der Waals surface area (Å²) < 4.78 is 0. The summed E-state index contributed by atoms with van der Waals surface area (Å²) in [5.41, 5.74) is 0. The van der Waals surface area contributed by atoms with Gasteiger partial charge < -0.3 is 20.4 Å². The average Bonchev–Trinajstić information content (AvgIpc) is 2.61. The number of hydrogen-bond donors (Lipinski definition) is 2. The van der Waals surface area contributed by atoms with Crippen LogP contribution in [0.15, 0.2) is 6.07 Å². The van der Waals surface area contributed by atoms with Gasteiger partial charge in [0.1, 0.15) is 17.5 Å². The van der Waals surface area contributed by atoms with E-state index in [1.165, 1.54) is 0 Å². The summed E-state index contributed by atoms with van der Waals surface area (Å²) in [7, 11) is 0. The van der Waals surface area contributed by atoms with Crippen LogP contribution in [0.3, 0.4) is 0 Å². The second-order valence-corrected chi connectivity index (χ2v) is 7.56. The zero-order valence-corrected chi connectivity index (χ0v) is 16.5. The molecule has 0 saturated carbocycles. The highest BCUT2D eigenvalue weighted by Crippen LogP contribution is 2.24. The fraction of sp³-hybridized carbons (Fsp3) is 0.684. The van der Waals surface area contributed by atoms with Crippen molar-refractivity contribution in [3.05, 3.63) is 11.9 Å². The third-order valence-electron chi connectivity index (χ3n) is 5.26. The molecule has 0 aromatic carbocycles. The van der Waals surface area contributed by atoms with Crippen LogP contribution >= 0.6 is 0 Å². The molecule has 8 heteroatoms. The number of rotatable bonds is 4. The maximum absolute atomic E-state index is 11.2. The van der Waals surface area contributed by atoms with E-state index in [1.54, 1.807) is 13.8 Å². The zero-order valence-electron chi connectivity index (χ0n) is 16.5. The first-order valence-electron chi connectivity index (χ1n) is 9.80. The van der Waals surface area contributed by atoms with Gasteiger partial charge in [0.05, 0.1) is 0 Å². The average molecular weight is 374 g/mol. The first kappa shape index (κ1) is 19.4. The van der Waals surface area contributed by atoms with E-state index in [0.29, 0.717) is 0 Å². The molecule has 0 unspecified atom stereocenters. The van der Waals surface area contributed by atoms with Crippen LogP contribution in [0, 0.1) is 6.92 Å². The van der Waals surface area contributed by atoms with E-state index in [9.17, 15) is 9.59 Å². The van der Waals surface area contributed by atoms with Gasteiger partial charge in [0.2, 0.25) is 11.8 Å². The summed E-state index contributed by atoms with van der Waals surface area (Å²) in [6.07, 6.45) is 3.72. The van der Waals surface area contributed by atoms with Crippen LogP contribution in [-0.4, -0.2) is 60.0 Å². The highest BCUT2D eigenvalue weighted by atomic mass is 16.2. The molecule has 1 aromatic rings. The lowest BCUT2D eigenvalue weighted by atomic mass is 10.0. The lowest BCUT2D eigenvalue weighted by molar-refractivity contribution is -0.120. The fourth-order valence-corrected chi connectivity index (χ4v) is 3.94. The number of aryl methyl sites for hydroxylation is 1. The molecule has 0 aliphatic carbocycles. The van der Waals surface area contributed by atoms with Gasteiger partial charge in [0.15, 0.2) is 0 Å². The van der Waals surface area contributed by atoms with Crippen molar-refractivity contribution in [1.29, 1.82) is 0 Å². The lowest BCUT2D eigenvalue weighted by Crippen LogP contribution is -2.45. The molecule has 2 aliphatic heterocycles. The van der Waals surface area contributed by atoms with Crippen molar-refractivity contribution in [2.45, 2.75) is 58.5 Å². The number of carbonyl (C=O) groups excluding carboxylic acids is 2. The Morgan fingerprint density at radius 3 is 1.56 bits per heavy atom. The van der Waals surface area contributed by atoms with Crippen molar-refractivity contribution in [3.63, 3.8) is 0 Å². The van der Waals surface area contributed by atoms with Gasteiger partial charge in [-0.1, -0.05) is 0 Å². The zero-order chi connectivity index (χ0) is 19.4. The molecule has 1 aromatic heterocycles. The van der Waals surface area contributed by atoms with Crippen LogP contribution in [0.4, 0.5) is 11.6 Å². The Morgan fingerprint density at radius 1 is 0.852 bits per heavy atom. The summed E-state index contributed by atoms with van der Waals surface area (Å²) in [5.74, 6) is 2.77. The van der Waals surface area contributed by atoms with E-state index >= 15 is 0 Å². The monoisotopic (exact) mass is 374 g/mol. The summed E-state index contributed by atoms with van der Waals surface area (Å²) in [6.45, 7) is 8.60. The molecule has 3 rings (SSSR count). The van der Waals surface area contributed by atoms with Gasteiger partial charge in [-0.2, -0.15) is 0 Å². The Bertz CT molecular complexity index is 625. The third-order valence-corrected chi connectivity index (χ3v) is 5.26. The van der Waals surface area contributed by atoms with Crippen LogP contribution in [0.5, 0.6) is 0 Å². The van der Waals surface area contributed by atoms with Crippen LogP contribution in [0.25, 0.3) is 0 Å². The van der Waals surface area contributed by atoms with Gasteiger partial charge in [-0.15, -0.1) is 0 Å². The highest BCUT2D eigenvalue weighted by molar-refractivity contribution is 5.73. The number of nitrogens with zero attached hydrogens (tertiary/aromatic N) is 4. The molecule has 2 aliphatic rings. The number of anilines is 2. The molecule has 148 valence electrons. The number of piperidine rings is 2. The number of hydrogen-bond acceptors (Lipinski definition) is 6.